The molecular weight excluding hydrogens is 311 g/mol. The van der Waals surface area contributed by atoms with E-state index < -0.39 is 5.91 Å². The third-order valence-electron chi connectivity index (χ3n) is 3.05. The molecule has 0 radical (unpaired) electrons. The molecule has 0 fully saturated rings. The molecule has 2 rings (SSSR count). The molecule has 2 aromatic carbocycles. The van der Waals surface area contributed by atoms with Crippen LogP contribution in [0.3, 0.4) is 0 Å². The summed E-state index contributed by atoms with van der Waals surface area (Å²) in [6.45, 7) is 0.133. The van der Waals surface area contributed by atoms with Crippen LogP contribution in [-0.4, -0.2) is 18.4 Å². The van der Waals surface area contributed by atoms with Crippen molar-refractivity contribution < 1.29 is 18.7 Å². The first-order valence-corrected chi connectivity index (χ1v) is 7.29. The highest BCUT2D eigenvalue weighted by molar-refractivity contribution is 6.02. The van der Waals surface area contributed by atoms with Gasteiger partial charge in [0.15, 0.2) is 0 Å². The molecule has 0 heterocycles. The fraction of sp³-hybridized carbons (Fsp3) is 0.111. The molecule has 24 heavy (non-hydrogen) atoms. The maximum absolute atomic E-state index is 12.8. The number of nitrogens with two attached hydrogens (primary N) is 1. The summed E-state index contributed by atoms with van der Waals surface area (Å²) in [4.78, 5) is 22.7. The summed E-state index contributed by atoms with van der Waals surface area (Å²) in [5.74, 6) is -0.704. The monoisotopic (exact) mass is 328 g/mol. The Morgan fingerprint density at radius 3 is 2.54 bits per heavy atom. The van der Waals surface area contributed by atoms with Crippen molar-refractivity contribution in [2.24, 2.45) is 5.73 Å². The Bertz CT molecular complexity index is 742. The summed E-state index contributed by atoms with van der Waals surface area (Å²) in [5, 5.41) is 2.69. The summed E-state index contributed by atoms with van der Waals surface area (Å²) in [7, 11) is 0. The first kappa shape index (κ1) is 17.2. The summed E-state index contributed by atoms with van der Waals surface area (Å²) >= 11 is 0. The van der Waals surface area contributed by atoms with Gasteiger partial charge in [0.25, 0.3) is 0 Å². The fourth-order valence-corrected chi connectivity index (χ4v) is 1.88. The molecule has 0 aliphatic rings. The molecule has 0 bridgehead atoms. The van der Waals surface area contributed by atoms with Crippen LogP contribution in [0.4, 0.5) is 10.1 Å². The molecule has 6 heteroatoms. The summed E-state index contributed by atoms with van der Waals surface area (Å²) in [5.41, 5.74) is 6.25. The SMILES string of the molecule is NC(=O)CCOc1ccccc1NC(=O)/C=C\c1ccc(F)cc1. The van der Waals surface area contributed by atoms with Crippen LogP contribution in [0, 0.1) is 5.82 Å². The lowest BCUT2D eigenvalue weighted by molar-refractivity contribution is -0.118. The Hall–Kier alpha value is -3.15. The lowest BCUT2D eigenvalue weighted by atomic mass is 10.2. The molecule has 0 saturated carbocycles. The van der Waals surface area contributed by atoms with Gasteiger partial charge in [-0.25, -0.2) is 4.39 Å². The van der Waals surface area contributed by atoms with Gasteiger partial charge in [0.1, 0.15) is 11.6 Å². The molecule has 0 aliphatic heterocycles. The number of primary amides is 1. The number of carbonyl (C=O) groups is 2. The third kappa shape index (κ3) is 5.57. The van der Waals surface area contributed by atoms with Gasteiger partial charge in [0.05, 0.1) is 18.7 Å². The highest BCUT2D eigenvalue weighted by Crippen LogP contribution is 2.23. The molecule has 0 saturated heterocycles. The number of hydrogen-bond acceptors (Lipinski definition) is 3. The molecule has 3 N–H and O–H groups in total. The normalized spacial score (nSPS) is 10.5. The Kier molecular flexibility index (Phi) is 6.08. The third-order valence-corrected chi connectivity index (χ3v) is 3.05. The van der Waals surface area contributed by atoms with E-state index >= 15 is 0 Å². The number of hydrogen-bond donors (Lipinski definition) is 2. The van der Waals surface area contributed by atoms with E-state index in [0.717, 1.165) is 0 Å². The van der Waals surface area contributed by atoms with E-state index in [1.807, 2.05) is 0 Å². The van der Waals surface area contributed by atoms with Gasteiger partial charge in [-0.2, -0.15) is 0 Å². The number of anilines is 1. The van der Waals surface area contributed by atoms with Crippen LogP contribution in [0.15, 0.2) is 54.6 Å². The zero-order valence-electron chi connectivity index (χ0n) is 12.9. The average molecular weight is 328 g/mol. The van der Waals surface area contributed by atoms with Crippen LogP contribution in [0.5, 0.6) is 5.75 Å². The number of nitrogens with one attached hydrogen (secondary N) is 1. The maximum Gasteiger partial charge on any atom is 0.248 e. The van der Waals surface area contributed by atoms with Gasteiger partial charge in [0.2, 0.25) is 11.8 Å². The van der Waals surface area contributed by atoms with E-state index in [1.165, 1.54) is 18.2 Å². The maximum atomic E-state index is 12.8. The number of carbonyl (C=O) groups excluding carboxylic acids is 2. The van der Waals surface area contributed by atoms with Gasteiger partial charge in [-0.15, -0.1) is 0 Å². The van der Waals surface area contributed by atoms with Gasteiger partial charge >= 0.3 is 0 Å². The van der Waals surface area contributed by atoms with Crippen molar-refractivity contribution in [2.75, 3.05) is 11.9 Å². The van der Waals surface area contributed by atoms with E-state index in [9.17, 15) is 14.0 Å². The van der Waals surface area contributed by atoms with E-state index in [0.29, 0.717) is 17.0 Å². The second-order valence-electron chi connectivity index (χ2n) is 4.94. The zero-order chi connectivity index (χ0) is 17.4. The number of ether oxygens (including phenoxy) is 1. The number of para-hydroxylation sites is 2. The van der Waals surface area contributed by atoms with Crippen LogP contribution < -0.4 is 15.8 Å². The summed E-state index contributed by atoms with van der Waals surface area (Å²) in [6.07, 6.45) is 3.01. The molecule has 5 nitrogen and oxygen atoms in total. The molecule has 0 unspecified atom stereocenters. The fourth-order valence-electron chi connectivity index (χ4n) is 1.88. The van der Waals surface area contributed by atoms with Gasteiger partial charge < -0.3 is 15.8 Å². The second-order valence-corrected chi connectivity index (χ2v) is 4.94. The topological polar surface area (TPSA) is 81.4 Å². The highest BCUT2D eigenvalue weighted by Gasteiger charge is 2.06. The van der Waals surface area contributed by atoms with Crippen molar-refractivity contribution >= 4 is 23.6 Å². The molecular formula is C18H17FN2O3. The molecule has 0 atom stereocenters. The van der Waals surface area contributed by atoms with Crippen LogP contribution in [0.1, 0.15) is 12.0 Å². The minimum atomic E-state index is -0.459. The predicted octanol–water partition coefficient (Wildman–Crippen LogP) is 2.73. The van der Waals surface area contributed by atoms with Gasteiger partial charge in [-0.3, -0.25) is 9.59 Å². The van der Waals surface area contributed by atoms with Crippen LogP contribution >= 0.6 is 0 Å². The Balaban J connectivity index is 1.98. The van der Waals surface area contributed by atoms with Crippen molar-refractivity contribution in [3.8, 4) is 5.75 Å². The molecule has 0 aliphatic carbocycles. The van der Waals surface area contributed by atoms with Crippen molar-refractivity contribution in [3.05, 3.63) is 66.0 Å². The van der Waals surface area contributed by atoms with E-state index in [2.05, 4.69) is 5.32 Å². The van der Waals surface area contributed by atoms with Gasteiger partial charge in [-0.05, 0) is 35.9 Å². The smallest absolute Gasteiger partial charge is 0.248 e. The number of amides is 2. The molecule has 0 spiro atoms. The highest BCUT2D eigenvalue weighted by atomic mass is 19.1. The Morgan fingerprint density at radius 2 is 1.83 bits per heavy atom. The molecule has 2 amide bonds. The number of halogens is 1. The number of rotatable bonds is 7. The van der Waals surface area contributed by atoms with Crippen molar-refractivity contribution in [1.82, 2.24) is 0 Å². The Labute approximate surface area is 138 Å². The molecule has 2 aromatic rings. The molecule has 124 valence electrons. The van der Waals surface area contributed by atoms with Crippen LogP contribution in [0.25, 0.3) is 6.08 Å². The minimum Gasteiger partial charge on any atom is -0.491 e. The second kappa shape index (κ2) is 8.47. The summed E-state index contributed by atoms with van der Waals surface area (Å²) in [6, 6.07) is 12.6. The first-order chi connectivity index (χ1) is 11.5. The quantitative estimate of drug-likeness (QED) is 0.767. The van der Waals surface area contributed by atoms with Crippen molar-refractivity contribution in [2.45, 2.75) is 6.42 Å². The lowest BCUT2D eigenvalue weighted by Gasteiger charge is -2.10. The minimum absolute atomic E-state index is 0.0900. The zero-order valence-corrected chi connectivity index (χ0v) is 12.9. The van der Waals surface area contributed by atoms with Crippen LogP contribution in [-0.2, 0) is 9.59 Å². The van der Waals surface area contributed by atoms with Gasteiger partial charge in [-0.1, -0.05) is 24.3 Å². The van der Waals surface area contributed by atoms with E-state index in [4.69, 9.17) is 10.5 Å². The number of benzene rings is 2. The van der Waals surface area contributed by atoms with Crippen molar-refractivity contribution in [3.63, 3.8) is 0 Å². The van der Waals surface area contributed by atoms with Crippen LogP contribution in [0.2, 0.25) is 0 Å². The standard InChI is InChI=1S/C18H17FN2O3/c19-14-8-5-13(6-9-14)7-10-18(23)21-15-3-1-2-4-16(15)24-12-11-17(20)22/h1-10H,11-12H2,(H2,20,22)(H,21,23)/b10-7-. The van der Waals surface area contributed by atoms with E-state index in [1.54, 1.807) is 42.5 Å². The first-order valence-electron chi connectivity index (χ1n) is 7.29. The largest absolute Gasteiger partial charge is 0.491 e. The summed E-state index contributed by atoms with van der Waals surface area (Å²) < 4.78 is 18.3. The average Bonchev–Trinajstić information content (AvgIpc) is 2.55. The van der Waals surface area contributed by atoms with Gasteiger partial charge in [0, 0.05) is 6.08 Å². The van der Waals surface area contributed by atoms with E-state index in [-0.39, 0.29) is 24.8 Å². The van der Waals surface area contributed by atoms with Crippen molar-refractivity contribution in [1.29, 1.82) is 0 Å². The lowest BCUT2D eigenvalue weighted by Crippen LogP contribution is -2.15. The molecule has 0 aromatic heterocycles. The Morgan fingerprint density at radius 1 is 1.12 bits per heavy atom. The predicted molar refractivity (Wildman–Crippen MR) is 89.8 cm³/mol.